The van der Waals surface area contributed by atoms with Gasteiger partial charge in [-0.2, -0.15) is 0 Å². The Morgan fingerprint density at radius 2 is 2.06 bits per heavy atom. The number of carboxylic acids is 1. The van der Waals surface area contributed by atoms with Crippen molar-refractivity contribution in [2.24, 2.45) is 0 Å². The minimum atomic E-state index is -1.05. The summed E-state index contributed by atoms with van der Waals surface area (Å²) in [6, 6.07) is 5.84. The summed E-state index contributed by atoms with van der Waals surface area (Å²) in [5, 5.41) is 9.18. The van der Waals surface area contributed by atoms with Crippen molar-refractivity contribution in [3.05, 3.63) is 46.2 Å². The van der Waals surface area contributed by atoms with E-state index in [0.717, 1.165) is 16.9 Å². The normalized spacial score (nSPS) is 10.4. The molecule has 0 atom stereocenters. The number of anilines is 1. The Morgan fingerprint density at radius 1 is 1.41 bits per heavy atom. The Hall–Kier alpha value is -1.95. The first-order chi connectivity index (χ1) is 8.06. The monoisotopic (exact) mass is 252 g/mol. The molecule has 0 saturated carbocycles. The highest BCUT2D eigenvalue weighted by molar-refractivity contribution is 7.17. The molecule has 0 aliphatic rings. The van der Waals surface area contributed by atoms with Crippen molar-refractivity contribution >= 4 is 22.4 Å². The van der Waals surface area contributed by atoms with Gasteiger partial charge in [-0.05, 0) is 17.7 Å². The molecule has 0 unspecified atom stereocenters. The van der Waals surface area contributed by atoms with Crippen LogP contribution in [0.2, 0.25) is 0 Å². The quantitative estimate of drug-likeness (QED) is 0.877. The van der Waals surface area contributed by atoms with Crippen molar-refractivity contribution in [2.45, 2.75) is 6.42 Å². The van der Waals surface area contributed by atoms with Crippen LogP contribution in [0.4, 0.5) is 9.52 Å². The van der Waals surface area contributed by atoms with Crippen LogP contribution < -0.4 is 5.73 Å². The zero-order valence-electron chi connectivity index (χ0n) is 8.68. The van der Waals surface area contributed by atoms with E-state index in [1.54, 1.807) is 12.1 Å². The molecular formula is C11H9FN2O2S. The average molecular weight is 252 g/mol. The van der Waals surface area contributed by atoms with Gasteiger partial charge in [-0.1, -0.05) is 23.5 Å². The van der Waals surface area contributed by atoms with Crippen molar-refractivity contribution in [3.63, 3.8) is 0 Å². The first-order valence-electron chi connectivity index (χ1n) is 4.79. The van der Waals surface area contributed by atoms with E-state index in [-0.39, 0.29) is 15.8 Å². The standard InChI is InChI=1S/C11H9FN2O2S/c12-7-3-1-6(2-4-7)5-8-9(10(15)16)17-11(13)14-8/h1-4H,5H2,(H2,13,14)(H,15,16). The number of halogens is 1. The Bertz CT molecular complexity index is 551. The lowest BCUT2D eigenvalue weighted by Gasteiger charge is -1.99. The van der Waals surface area contributed by atoms with Crippen molar-refractivity contribution in [3.8, 4) is 0 Å². The van der Waals surface area contributed by atoms with E-state index in [9.17, 15) is 9.18 Å². The van der Waals surface area contributed by atoms with Gasteiger partial charge in [-0.3, -0.25) is 0 Å². The van der Waals surface area contributed by atoms with Crippen LogP contribution in [0.15, 0.2) is 24.3 Å². The number of carbonyl (C=O) groups is 1. The molecule has 3 N–H and O–H groups in total. The highest BCUT2D eigenvalue weighted by Gasteiger charge is 2.16. The van der Waals surface area contributed by atoms with Gasteiger partial charge in [0.15, 0.2) is 5.13 Å². The molecule has 6 heteroatoms. The Balaban J connectivity index is 2.29. The minimum absolute atomic E-state index is 0.131. The van der Waals surface area contributed by atoms with Gasteiger partial charge in [0.05, 0.1) is 5.69 Å². The fraction of sp³-hybridized carbons (Fsp3) is 0.0909. The zero-order chi connectivity index (χ0) is 12.4. The van der Waals surface area contributed by atoms with E-state index in [1.165, 1.54) is 12.1 Å². The van der Waals surface area contributed by atoms with Crippen LogP contribution in [0.25, 0.3) is 0 Å². The molecule has 88 valence electrons. The molecule has 17 heavy (non-hydrogen) atoms. The second-order valence-electron chi connectivity index (χ2n) is 3.44. The molecule has 0 fully saturated rings. The largest absolute Gasteiger partial charge is 0.477 e. The molecule has 0 amide bonds. The van der Waals surface area contributed by atoms with Gasteiger partial charge in [-0.25, -0.2) is 14.2 Å². The molecule has 1 aromatic carbocycles. The molecule has 0 aliphatic heterocycles. The first-order valence-corrected chi connectivity index (χ1v) is 5.61. The van der Waals surface area contributed by atoms with Gasteiger partial charge in [-0.15, -0.1) is 0 Å². The molecule has 0 radical (unpaired) electrons. The summed E-state index contributed by atoms with van der Waals surface area (Å²) in [5.74, 6) is -1.37. The summed E-state index contributed by atoms with van der Waals surface area (Å²) in [4.78, 5) is 15.0. The summed E-state index contributed by atoms with van der Waals surface area (Å²) in [5.41, 5.74) is 6.68. The third-order valence-electron chi connectivity index (χ3n) is 2.19. The number of hydrogen-bond acceptors (Lipinski definition) is 4. The van der Waals surface area contributed by atoms with Crippen LogP contribution in [0.1, 0.15) is 20.9 Å². The lowest BCUT2D eigenvalue weighted by atomic mass is 10.1. The lowest BCUT2D eigenvalue weighted by molar-refractivity contribution is 0.0701. The number of aromatic nitrogens is 1. The molecule has 2 rings (SSSR count). The highest BCUT2D eigenvalue weighted by Crippen LogP contribution is 2.22. The van der Waals surface area contributed by atoms with Gasteiger partial charge >= 0.3 is 5.97 Å². The van der Waals surface area contributed by atoms with E-state index in [1.807, 2.05) is 0 Å². The molecular weight excluding hydrogens is 243 g/mol. The lowest BCUT2D eigenvalue weighted by Crippen LogP contribution is -2.00. The predicted molar refractivity (Wildman–Crippen MR) is 62.7 cm³/mol. The second-order valence-corrected chi connectivity index (χ2v) is 4.47. The maximum atomic E-state index is 12.7. The number of hydrogen-bond donors (Lipinski definition) is 2. The fourth-order valence-electron chi connectivity index (χ4n) is 1.45. The van der Waals surface area contributed by atoms with Gasteiger partial charge < -0.3 is 10.8 Å². The number of nitrogens with two attached hydrogens (primary N) is 1. The summed E-state index contributed by atoms with van der Waals surface area (Å²) < 4.78 is 12.7. The topological polar surface area (TPSA) is 76.2 Å². The number of carboxylic acid groups (broad SMARTS) is 1. The highest BCUT2D eigenvalue weighted by atomic mass is 32.1. The third kappa shape index (κ3) is 2.59. The van der Waals surface area contributed by atoms with E-state index in [0.29, 0.717) is 12.1 Å². The van der Waals surface area contributed by atoms with Gasteiger partial charge in [0.25, 0.3) is 0 Å². The van der Waals surface area contributed by atoms with Crippen LogP contribution in [0, 0.1) is 5.82 Å². The summed E-state index contributed by atoms with van der Waals surface area (Å²) in [6.07, 6.45) is 0.329. The number of nitrogen functional groups attached to an aromatic ring is 1. The molecule has 0 aliphatic carbocycles. The maximum Gasteiger partial charge on any atom is 0.347 e. The molecule has 0 saturated heterocycles. The van der Waals surface area contributed by atoms with Crippen LogP contribution in [-0.2, 0) is 6.42 Å². The Kier molecular flexibility index (Phi) is 3.06. The third-order valence-corrected chi connectivity index (χ3v) is 3.11. The van der Waals surface area contributed by atoms with Crippen LogP contribution in [-0.4, -0.2) is 16.1 Å². The Morgan fingerprint density at radius 3 is 2.65 bits per heavy atom. The smallest absolute Gasteiger partial charge is 0.347 e. The molecule has 0 bridgehead atoms. The van der Waals surface area contributed by atoms with Crippen molar-refractivity contribution in [2.75, 3.05) is 5.73 Å². The molecule has 2 aromatic rings. The minimum Gasteiger partial charge on any atom is -0.477 e. The number of thiazole rings is 1. The van der Waals surface area contributed by atoms with Gasteiger partial charge in [0.2, 0.25) is 0 Å². The summed E-state index contributed by atoms with van der Waals surface area (Å²) >= 11 is 0.938. The number of benzene rings is 1. The number of nitrogens with zero attached hydrogens (tertiary/aromatic N) is 1. The van der Waals surface area contributed by atoms with Crippen LogP contribution in [0.3, 0.4) is 0 Å². The molecule has 1 heterocycles. The van der Waals surface area contributed by atoms with Crippen molar-refractivity contribution < 1.29 is 14.3 Å². The average Bonchev–Trinajstić information content (AvgIpc) is 2.63. The molecule has 4 nitrogen and oxygen atoms in total. The van der Waals surface area contributed by atoms with E-state index >= 15 is 0 Å². The van der Waals surface area contributed by atoms with Crippen molar-refractivity contribution in [1.29, 1.82) is 0 Å². The van der Waals surface area contributed by atoms with Gasteiger partial charge in [0, 0.05) is 6.42 Å². The Labute approximate surface area is 101 Å². The fourth-order valence-corrected chi connectivity index (χ4v) is 2.14. The number of rotatable bonds is 3. The zero-order valence-corrected chi connectivity index (χ0v) is 9.50. The summed E-state index contributed by atoms with van der Waals surface area (Å²) in [7, 11) is 0. The van der Waals surface area contributed by atoms with E-state index in [4.69, 9.17) is 10.8 Å². The SMILES string of the molecule is Nc1nc(Cc2ccc(F)cc2)c(C(=O)O)s1. The van der Waals surface area contributed by atoms with E-state index in [2.05, 4.69) is 4.98 Å². The first kappa shape index (κ1) is 11.5. The molecule has 1 aromatic heterocycles. The van der Waals surface area contributed by atoms with Crippen LogP contribution in [0.5, 0.6) is 0 Å². The van der Waals surface area contributed by atoms with E-state index < -0.39 is 5.97 Å². The number of aromatic carboxylic acids is 1. The molecule has 0 spiro atoms. The predicted octanol–water partition coefficient (Wildman–Crippen LogP) is 2.15. The summed E-state index contributed by atoms with van der Waals surface area (Å²) in [6.45, 7) is 0. The van der Waals surface area contributed by atoms with Gasteiger partial charge in [0.1, 0.15) is 10.7 Å². The second kappa shape index (κ2) is 4.50. The van der Waals surface area contributed by atoms with Crippen LogP contribution >= 0.6 is 11.3 Å². The maximum absolute atomic E-state index is 12.7. The van der Waals surface area contributed by atoms with Crippen molar-refractivity contribution in [1.82, 2.24) is 4.98 Å².